The van der Waals surface area contributed by atoms with Crippen LogP contribution in [0.1, 0.15) is 55.1 Å². The van der Waals surface area contributed by atoms with E-state index in [0.29, 0.717) is 11.5 Å². The first-order valence-corrected chi connectivity index (χ1v) is 7.69. The first kappa shape index (κ1) is 14.8. The Morgan fingerprint density at radius 1 is 1.35 bits per heavy atom. The molecular weight excluding hydrogens is 250 g/mol. The van der Waals surface area contributed by atoms with Gasteiger partial charge < -0.3 is 10.6 Å². The Hall–Kier alpha value is -1.58. The van der Waals surface area contributed by atoms with Gasteiger partial charge in [-0.2, -0.15) is 0 Å². The SMILES string of the molecule is CCNc1cc(C)ncc1C(=O)NCC1CCCCC1. The molecular formula is C16H25N3O. The fraction of sp³-hybridized carbons (Fsp3) is 0.625. The van der Waals surface area contributed by atoms with E-state index in [0.717, 1.165) is 24.5 Å². The van der Waals surface area contributed by atoms with Gasteiger partial charge in [-0.1, -0.05) is 19.3 Å². The molecule has 20 heavy (non-hydrogen) atoms. The number of nitrogens with one attached hydrogen (secondary N) is 2. The fourth-order valence-corrected chi connectivity index (χ4v) is 2.80. The molecule has 0 radical (unpaired) electrons. The molecule has 1 amide bonds. The van der Waals surface area contributed by atoms with Crippen LogP contribution in [0.15, 0.2) is 12.3 Å². The van der Waals surface area contributed by atoms with E-state index in [2.05, 4.69) is 15.6 Å². The molecule has 0 spiro atoms. The van der Waals surface area contributed by atoms with Crippen molar-refractivity contribution in [1.82, 2.24) is 10.3 Å². The van der Waals surface area contributed by atoms with Gasteiger partial charge in [0.1, 0.15) is 0 Å². The normalized spacial score (nSPS) is 15.9. The molecule has 0 aliphatic heterocycles. The molecule has 1 fully saturated rings. The number of hydrogen-bond donors (Lipinski definition) is 2. The van der Waals surface area contributed by atoms with Crippen LogP contribution >= 0.6 is 0 Å². The van der Waals surface area contributed by atoms with Gasteiger partial charge >= 0.3 is 0 Å². The third kappa shape index (κ3) is 3.95. The monoisotopic (exact) mass is 275 g/mol. The largest absolute Gasteiger partial charge is 0.385 e. The van der Waals surface area contributed by atoms with E-state index >= 15 is 0 Å². The van der Waals surface area contributed by atoms with E-state index in [1.54, 1.807) is 6.20 Å². The van der Waals surface area contributed by atoms with E-state index in [4.69, 9.17) is 0 Å². The Morgan fingerprint density at radius 3 is 2.80 bits per heavy atom. The second-order valence-corrected chi connectivity index (χ2v) is 5.62. The predicted octanol–water partition coefficient (Wildman–Crippen LogP) is 3.13. The number of pyridine rings is 1. The molecule has 1 aliphatic carbocycles. The molecule has 1 heterocycles. The van der Waals surface area contributed by atoms with Gasteiger partial charge in [-0.25, -0.2) is 0 Å². The van der Waals surface area contributed by atoms with Crippen molar-refractivity contribution < 1.29 is 4.79 Å². The summed E-state index contributed by atoms with van der Waals surface area (Å²) in [6.07, 6.45) is 8.10. The van der Waals surface area contributed by atoms with Crippen molar-refractivity contribution in [2.75, 3.05) is 18.4 Å². The van der Waals surface area contributed by atoms with Crippen molar-refractivity contribution >= 4 is 11.6 Å². The molecule has 0 aromatic carbocycles. The van der Waals surface area contributed by atoms with E-state index in [-0.39, 0.29) is 5.91 Å². The van der Waals surface area contributed by atoms with E-state index in [1.807, 2.05) is 19.9 Å². The van der Waals surface area contributed by atoms with Crippen molar-refractivity contribution in [3.05, 3.63) is 23.5 Å². The minimum atomic E-state index is -0.0148. The summed E-state index contributed by atoms with van der Waals surface area (Å²) in [6.45, 7) is 5.55. The van der Waals surface area contributed by atoms with Crippen LogP contribution in [0.5, 0.6) is 0 Å². The number of carbonyl (C=O) groups excluding carboxylic acids is 1. The summed E-state index contributed by atoms with van der Waals surface area (Å²) in [5, 5.41) is 6.30. The molecule has 110 valence electrons. The number of nitrogens with zero attached hydrogens (tertiary/aromatic N) is 1. The Balaban J connectivity index is 1.97. The highest BCUT2D eigenvalue weighted by atomic mass is 16.1. The lowest BCUT2D eigenvalue weighted by atomic mass is 9.89. The molecule has 4 heteroatoms. The van der Waals surface area contributed by atoms with Crippen molar-refractivity contribution in [2.24, 2.45) is 5.92 Å². The summed E-state index contributed by atoms with van der Waals surface area (Å²) in [7, 11) is 0. The van der Waals surface area contributed by atoms with Gasteiger partial charge in [0.05, 0.1) is 11.3 Å². The Kier molecular flexibility index (Phi) is 5.39. The summed E-state index contributed by atoms with van der Waals surface area (Å²) in [5.41, 5.74) is 2.44. The van der Waals surface area contributed by atoms with Crippen molar-refractivity contribution in [1.29, 1.82) is 0 Å². The van der Waals surface area contributed by atoms with Gasteiger partial charge in [-0.05, 0) is 38.7 Å². The van der Waals surface area contributed by atoms with Gasteiger partial charge in [0.15, 0.2) is 0 Å². The summed E-state index contributed by atoms with van der Waals surface area (Å²) in [6, 6.07) is 1.93. The number of aryl methyl sites for hydroxylation is 1. The van der Waals surface area contributed by atoms with E-state index in [9.17, 15) is 4.79 Å². The smallest absolute Gasteiger partial charge is 0.254 e. The van der Waals surface area contributed by atoms with Crippen LogP contribution in [-0.4, -0.2) is 24.0 Å². The first-order chi connectivity index (χ1) is 9.70. The van der Waals surface area contributed by atoms with E-state index in [1.165, 1.54) is 32.1 Å². The molecule has 1 aromatic heterocycles. The summed E-state index contributed by atoms with van der Waals surface area (Å²) in [4.78, 5) is 16.5. The van der Waals surface area contributed by atoms with Crippen LogP contribution in [-0.2, 0) is 0 Å². The van der Waals surface area contributed by atoms with Crippen LogP contribution in [0.3, 0.4) is 0 Å². The number of amides is 1. The number of hydrogen-bond acceptors (Lipinski definition) is 3. The van der Waals surface area contributed by atoms with Gasteiger partial charge in [-0.15, -0.1) is 0 Å². The van der Waals surface area contributed by atoms with Crippen LogP contribution in [0.25, 0.3) is 0 Å². The van der Waals surface area contributed by atoms with Crippen molar-refractivity contribution in [3.8, 4) is 0 Å². The van der Waals surface area contributed by atoms with Crippen LogP contribution < -0.4 is 10.6 Å². The lowest BCUT2D eigenvalue weighted by molar-refractivity contribution is 0.0944. The topological polar surface area (TPSA) is 54.0 Å². The predicted molar refractivity (Wildman–Crippen MR) is 82.0 cm³/mol. The fourth-order valence-electron chi connectivity index (χ4n) is 2.80. The highest BCUT2D eigenvalue weighted by Crippen LogP contribution is 2.23. The maximum absolute atomic E-state index is 12.3. The molecule has 4 nitrogen and oxygen atoms in total. The number of carbonyl (C=O) groups is 1. The minimum Gasteiger partial charge on any atom is -0.385 e. The van der Waals surface area contributed by atoms with Gasteiger partial charge in [0.2, 0.25) is 0 Å². The molecule has 2 N–H and O–H groups in total. The third-order valence-electron chi connectivity index (χ3n) is 3.93. The second kappa shape index (κ2) is 7.27. The average Bonchev–Trinajstić information content (AvgIpc) is 2.46. The highest BCUT2D eigenvalue weighted by molar-refractivity contribution is 5.99. The highest BCUT2D eigenvalue weighted by Gasteiger charge is 2.16. The maximum atomic E-state index is 12.3. The molecule has 2 rings (SSSR count). The van der Waals surface area contributed by atoms with Crippen molar-refractivity contribution in [3.63, 3.8) is 0 Å². The lowest BCUT2D eigenvalue weighted by Crippen LogP contribution is -2.31. The zero-order chi connectivity index (χ0) is 14.4. The Morgan fingerprint density at radius 2 is 2.10 bits per heavy atom. The summed E-state index contributed by atoms with van der Waals surface area (Å²) >= 11 is 0. The van der Waals surface area contributed by atoms with Gasteiger partial charge in [0.25, 0.3) is 5.91 Å². The van der Waals surface area contributed by atoms with Gasteiger partial charge in [0, 0.05) is 25.0 Å². The Bertz CT molecular complexity index is 453. The zero-order valence-corrected chi connectivity index (χ0v) is 12.5. The maximum Gasteiger partial charge on any atom is 0.254 e. The van der Waals surface area contributed by atoms with Crippen LogP contribution in [0, 0.1) is 12.8 Å². The summed E-state index contributed by atoms with van der Waals surface area (Å²) in [5.74, 6) is 0.632. The summed E-state index contributed by atoms with van der Waals surface area (Å²) < 4.78 is 0. The first-order valence-electron chi connectivity index (χ1n) is 7.69. The van der Waals surface area contributed by atoms with Gasteiger partial charge in [-0.3, -0.25) is 9.78 Å². The molecule has 0 unspecified atom stereocenters. The molecule has 1 aromatic rings. The third-order valence-corrected chi connectivity index (χ3v) is 3.93. The number of rotatable bonds is 5. The molecule has 0 bridgehead atoms. The quantitative estimate of drug-likeness (QED) is 0.868. The molecule has 1 aliphatic rings. The van der Waals surface area contributed by atoms with Crippen molar-refractivity contribution in [2.45, 2.75) is 46.0 Å². The number of anilines is 1. The van der Waals surface area contributed by atoms with E-state index < -0.39 is 0 Å². The standard InChI is InChI=1S/C16H25N3O/c1-3-17-15-9-12(2)18-11-14(15)16(20)19-10-13-7-5-4-6-8-13/h9,11,13H,3-8,10H2,1-2H3,(H,17,18)(H,19,20). The molecule has 0 atom stereocenters. The van der Waals surface area contributed by atoms with Crippen LogP contribution in [0.2, 0.25) is 0 Å². The second-order valence-electron chi connectivity index (χ2n) is 5.62. The molecule has 1 saturated carbocycles. The van der Waals surface area contributed by atoms with Crippen LogP contribution in [0.4, 0.5) is 5.69 Å². The zero-order valence-electron chi connectivity index (χ0n) is 12.5. The number of aromatic nitrogens is 1. The molecule has 0 saturated heterocycles. The average molecular weight is 275 g/mol. The Labute approximate surface area is 121 Å². The lowest BCUT2D eigenvalue weighted by Gasteiger charge is -2.22. The minimum absolute atomic E-state index is 0.0148.